The van der Waals surface area contributed by atoms with E-state index in [4.69, 9.17) is 25.4 Å². The molecule has 0 heterocycles. The van der Waals surface area contributed by atoms with E-state index in [1.807, 2.05) is 82.3 Å². The van der Waals surface area contributed by atoms with E-state index in [0.29, 0.717) is 5.02 Å². The van der Waals surface area contributed by atoms with Gasteiger partial charge < -0.3 is 19.1 Å². The molecule has 0 aliphatic heterocycles. The SMILES string of the molecule is COc1ccc(N[C@@H](/C=C/c2ccc(Cl)cc2)P(=O)(OC(C)C)OC(C)C)cc1. The van der Waals surface area contributed by atoms with Gasteiger partial charge in [-0.2, -0.15) is 0 Å². The third kappa shape index (κ3) is 7.52. The molecule has 2 aromatic carbocycles. The van der Waals surface area contributed by atoms with Crippen molar-refractivity contribution in [2.24, 2.45) is 0 Å². The van der Waals surface area contributed by atoms with Gasteiger partial charge in [0.1, 0.15) is 11.5 Å². The van der Waals surface area contributed by atoms with Gasteiger partial charge in [0.2, 0.25) is 0 Å². The molecule has 0 saturated heterocycles. The number of nitrogens with one attached hydrogen (secondary N) is 1. The summed E-state index contributed by atoms with van der Waals surface area (Å²) in [5, 5.41) is 3.94. The third-order valence-electron chi connectivity index (χ3n) is 3.80. The smallest absolute Gasteiger partial charge is 0.357 e. The van der Waals surface area contributed by atoms with Crippen molar-refractivity contribution in [3.63, 3.8) is 0 Å². The minimum absolute atomic E-state index is 0.260. The lowest BCUT2D eigenvalue weighted by Crippen LogP contribution is -2.23. The molecule has 7 heteroatoms. The van der Waals surface area contributed by atoms with E-state index in [0.717, 1.165) is 17.0 Å². The van der Waals surface area contributed by atoms with E-state index in [-0.39, 0.29) is 12.2 Å². The summed E-state index contributed by atoms with van der Waals surface area (Å²) >= 11 is 5.96. The second kappa shape index (κ2) is 10.8. The topological polar surface area (TPSA) is 56.8 Å². The van der Waals surface area contributed by atoms with Crippen LogP contribution in [0.2, 0.25) is 5.02 Å². The molecular weight excluding hydrogens is 409 g/mol. The number of hydrogen-bond acceptors (Lipinski definition) is 5. The molecule has 1 N–H and O–H groups in total. The Morgan fingerprint density at radius 2 is 1.48 bits per heavy atom. The van der Waals surface area contributed by atoms with Gasteiger partial charge >= 0.3 is 7.60 Å². The summed E-state index contributed by atoms with van der Waals surface area (Å²) in [6, 6.07) is 14.8. The fraction of sp³-hybridized carbons (Fsp3) is 0.364. The first-order chi connectivity index (χ1) is 13.7. The van der Waals surface area contributed by atoms with Crippen molar-refractivity contribution in [3.8, 4) is 5.75 Å². The van der Waals surface area contributed by atoms with Crippen molar-refractivity contribution in [2.75, 3.05) is 12.4 Å². The zero-order chi connectivity index (χ0) is 21.4. The highest BCUT2D eigenvalue weighted by Crippen LogP contribution is 2.55. The molecule has 158 valence electrons. The minimum Gasteiger partial charge on any atom is -0.497 e. The van der Waals surface area contributed by atoms with E-state index >= 15 is 0 Å². The Morgan fingerprint density at radius 1 is 0.931 bits per heavy atom. The van der Waals surface area contributed by atoms with Crippen LogP contribution in [0.5, 0.6) is 5.75 Å². The summed E-state index contributed by atoms with van der Waals surface area (Å²) in [6.07, 6.45) is 3.16. The number of benzene rings is 2. The molecule has 0 bridgehead atoms. The summed E-state index contributed by atoms with van der Waals surface area (Å²) in [5.74, 6) is 0.0558. The van der Waals surface area contributed by atoms with E-state index < -0.39 is 13.4 Å². The Bertz CT molecular complexity index is 821. The van der Waals surface area contributed by atoms with E-state index in [1.165, 1.54) is 0 Å². The van der Waals surface area contributed by atoms with Crippen molar-refractivity contribution < 1.29 is 18.3 Å². The van der Waals surface area contributed by atoms with Crippen LogP contribution in [0.15, 0.2) is 54.6 Å². The molecule has 0 amide bonds. The van der Waals surface area contributed by atoms with Crippen LogP contribution in [0.25, 0.3) is 6.08 Å². The van der Waals surface area contributed by atoms with Crippen molar-refractivity contribution in [1.29, 1.82) is 0 Å². The Labute approximate surface area is 178 Å². The molecule has 0 aliphatic rings. The van der Waals surface area contributed by atoms with E-state index in [9.17, 15) is 4.57 Å². The van der Waals surface area contributed by atoms with Crippen LogP contribution in [0.1, 0.15) is 33.3 Å². The Morgan fingerprint density at radius 3 is 1.97 bits per heavy atom. The number of anilines is 1. The van der Waals surface area contributed by atoms with Crippen LogP contribution >= 0.6 is 19.2 Å². The van der Waals surface area contributed by atoms with Crippen LogP contribution in [0, 0.1) is 0 Å². The molecule has 5 nitrogen and oxygen atoms in total. The molecule has 2 aromatic rings. The molecule has 2 rings (SSSR count). The molecule has 0 spiro atoms. The number of rotatable bonds is 10. The maximum absolute atomic E-state index is 13.7. The first-order valence-corrected chi connectivity index (χ1v) is 11.5. The Balaban J connectivity index is 2.37. The largest absolute Gasteiger partial charge is 0.497 e. The van der Waals surface area contributed by atoms with Crippen molar-refractivity contribution in [3.05, 3.63) is 65.2 Å². The Hall–Kier alpha value is -1.78. The van der Waals surface area contributed by atoms with Crippen molar-refractivity contribution in [2.45, 2.75) is 45.7 Å². The first-order valence-electron chi connectivity index (χ1n) is 9.52. The van der Waals surface area contributed by atoms with Crippen LogP contribution in [0.4, 0.5) is 5.69 Å². The zero-order valence-electron chi connectivity index (χ0n) is 17.5. The van der Waals surface area contributed by atoms with Gasteiger partial charge in [-0.15, -0.1) is 0 Å². The molecule has 0 aromatic heterocycles. The highest BCUT2D eigenvalue weighted by molar-refractivity contribution is 7.55. The average Bonchev–Trinajstić information content (AvgIpc) is 2.65. The normalized spacial score (nSPS) is 13.2. The predicted molar refractivity (Wildman–Crippen MR) is 121 cm³/mol. The number of ether oxygens (including phenoxy) is 1. The zero-order valence-corrected chi connectivity index (χ0v) is 19.1. The lowest BCUT2D eigenvalue weighted by atomic mass is 10.2. The van der Waals surface area contributed by atoms with Gasteiger partial charge in [-0.3, -0.25) is 4.57 Å². The third-order valence-corrected chi connectivity index (χ3v) is 6.47. The summed E-state index contributed by atoms with van der Waals surface area (Å²) < 4.78 is 30.6. The maximum Gasteiger partial charge on any atom is 0.357 e. The van der Waals surface area contributed by atoms with Gasteiger partial charge in [0.05, 0.1) is 19.3 Å². The number of hydrogen-bond donors (Lipinski definition) is 1. The quantitative estimate of drug-likeness (QED) is 0.412. The van der Waals surface area contributed by atoms with E-state index in [2.05, 4.69) is 5.32 Å². The van der Waals surface area contributed by atoms with Crippen LogP contribution in [-0.4, -0.2) is 25.1 Å². The molecule has 0 fully saturated rings. The molecular formula is C22H29ClNO4P. The van der Waals surface area contributed by atoms with Gasteiger partial charge in [-0.25, -0.2) is 0 Å². The Kier molecular flexibility index (Phi) is 8.79. The molecule has 1 atom stereocenters. The summed E-state index contributed by atoms with van der Waals surface area (Å²) in [4.78, 5) is 0. The van der Waals surface area contributed by atoms with Crippen LogP contribution in [-0.2, 0) is 13.6 Å². The molecule has 0 aliphatic carbocycles. The van der Waals surface area contributed by atoms with Gasteiger partial charge in [0.15, 0.2) is 0 Å². The number of halogens is 1. The average molecular weight is 438 g/mol. The van der Waals surface area contributed by atoms with Gasteiger partial charge in [-0.05, 0) is 75.7 Å². The lowest BCUT2D eigenvalue weighted by Gasteiger charge is -2.29. The standard InChI is InChI=1S/C22H29ClNO4P/c1-16(2)27-29(25,28-17(3)4)22(15-8-18-6-9-19(23)10-7-18)24-20-11-13-21(26-5)14-12-20/h6-17,22,24H,1-5H3/b15-8+/t22-/m1/s1. The highest BCUT2D eigenvalue weighted by Gasteiger charge is 2.36. The van der Waals surface area contributed by atoms with Gasteiger partial charge in [0, 0.05) is 10.7 Å². The van der Waals surface area contributed by atoms with Crippen molar-refractivity contribution >= 4 is 31.0 Å². The molecule has 0 saturated carbocycles. The fourth-order valence-electron chi connectivity index (χ4n) is 2.61. The van der Waals surface area contributed by atoms with Gasteiger partial charge in [-0.1, -0.05) is 29.8 Å². The highest BCUT2D eigenvalue weighted by atomic mass is 35.5. The number of methoxy groups -OCH3 is 1. The second-order valence-corrected chi connectivity index (χ2v) is 9.57. The fourth-order valence-corrected chi connectivity index (χ4v) is 4.83. The monoisotopic (exact) mass is 437 g/mol. The van der Waals surface area contributed by atoms with Gasteiger partial charge in [0.25, 0.3) is 0 Å². The molecule has 0 unspecified atom stereocenters. The van der Waals surface area contributed by atoms with Crippen molar-refractivity contribution in [1.82, 2.24) is 0 Å². The summed E-state index contributed by atoms with van der Waals surface area (Å²) in [5.41, 5.74) is 1.70. The second-order valence-electron chi connectivity index (χ2n) is 7.08. The van der Waals surface area contributed by atoms with Crippen LogP contribution < -0.4 is 10.1 Å². The molecule has 29 heavy (non-hydrogen) atoms. The van der Waals surface area contributed by atoms with E-state index in [1.54, 1.807) is 13.2 Å². The summed E-state index contributed by atoms with van der Waals surface area (Å²) in [6.45, 7) is 7.35. The predicted octanol–water partition coefficient (Wildman–Crippen LogP) is 6.84. The van der Waals surface area contributed by atoms with Crippen LogP contribution in [0.3, 0.4) is 0 Å². The minimum atomic E-state index is -3.53. The first kappa shape index (κ1) is 23.5. The molecule has 0 radical (unpaired) electrons. The maximum atomic E-state index is 13.7. The summed E-state index contributed by atoms with van der Waals surface area (Å²) in [7, 11) is -1.92. The lowest BCUT2D eigenvalue weighted by molar-refractivity contribution is 0.140.